The summed E-state index contributed by atoms with van der Waals surface area (Å²) in [4.78, 5) is 64.9. The molecule has 17 heteroatoms. The highest BCUT2D eigenvalue weighted by Gasteiger charge is 2.41. The quantitative estimate of drug-likeness (QED) is 0.0485. The van der Waals surface area contributed by atoms with Crippen LogP contribution in [0.1, 0.15) is 80.1 Å². The molecule has 322 valence electrons. The van der Waals surface area contributed by atoms with Crippen molar-refractivity contribution >= 4 is 100 Å². The molecule has 0 saturated carbocycles. The van der Waals surface area contributed by atoms with Crippen LogP contribution >= 0.6 is 70.6 Å². The first-order valence-electron chi connectivity index (χ1n) is 18.4. The van der Waals surface area contributed by atoms with Crippen molar-refractivity contribution in [1.82, 2.24) is 0 Å². The molecule has 0 fully saturated rings. The van der Waals surface area contributed by atoms with Crippen LogP contribution in [-0.2, 0) is 52.4 Å². The third kappa shape index (κ3) is 25.5. The molecule has 0 radical (unpaired) electrons. The lowest BCUT2D eigenvalue weighted by Crippen LogP contribution is -2.46. The van der Waals surface area contributed by atoms with Crippen LogP contribution in [0.5, 0.6) is 0 Å². The van der Waals surface area contributed by atoms with E-state index in [1.54, 1.807) is 35.3 Å². The minimum atomic E-state index is -1.28. The summed E-state index contributed by atoms with van der Waals surface area (Å²) in [5, 5.41) is 0.213. The van der Waals surface area contributed by atoms with Gasteiger partial charge < -0.3 is 28.4 Å². The van der Waals surface area contributed by atoms with E-state index >= 15 is 0 Å². The van der Waals surface area contributed by atoms with Crippen LogP contribution in [0.15, 0.2) is 0 Å². The molecule has 0 aliphatic rings. The summed E-state index contributed by atoms with van der Waals surface area (Å²) >= 11 is 9.34. The second-order valence-electron chi connectivity index (χ2n) is 14.3. The minimum absolute atomic E-state index is 0.0112. The minimum Gasteiger partial charge on any atom is -0.465 e. The van der Waals surface area contributed by atoms with E-state index < -0.39 is 28.7 Å². The number of carbonyl (C=O) groups excluding carboxylic acids is 5. The SMILES string of the molecule is CSC(C)CC(=O)OCC(COCC(COC(=O)CC(C)SC)(COC(=O)CC(C)SC)CC(C)SC)(COC(=O)CC(C)SC)COC(=O)CC(C)SC. The van der Waals surface area contributed by atoms with Gasteiger partial charge in [-0.15, -0.1) is 0 Å². The number of hydrogen-bond donors (Lipinski definition) is 0. The van der Waals surface area contributed by atoms with Gasteiger partial charge in [0.05, 0.1) is 56.1 Å². The van der Waals surface area contributed by atoms with Gasteiger partial charge in [-0.05, 0) is 44.0 Å². The number of thioether (sulfide) groups is 6. The van der Waals surface area contributed by atoms with Gasteiger partial charge in [0.15, 0.2) is 0 Å². The molecule has 6 unspecified atom stereocenters. The van der Waals surface area contributed by atoms with Crippen molar-refractivity contribution in [3.05, 3.63) is 0 Å². The maximum Gasteiger partial charge on any atom is 0.306 e. The van der Waals surface area contributed by atoms with Crippen LogP contribution in [0.25, 0.3) is 0 Å². The van der Waals surface area contributed by atoms with Crippen molar-refractivity contribution in [2.45, 2.75) is 112 Å². The van der Waals surface area contributed by atoms with Gasteiger partial charge in [-0.25, -0.2) is 0 Å². The second kappa shape index (κ2) is 30.5. The molecule has 0 saturated heterocycles. The normalized spacial score (nSPS) is 16.9. The molecule has 55 heavy (non-hydrogen) atoms. The van der Waals surface area contributed by atoms with E-state index in [1.807, 2.05) is 79.1 Å². The van der Waals surface area contributed by atoms with Crippen molar-refractivity contribution < 1.29 is 52.4 Å². The molecule has 0 heterocycles. The molecule has 11 nitrogen and oxygen atoms in total. The predicted octanol–water partition coefficient (Wildman–Crippen LogP) is 7.54. The Kier molecular flexibility index (Phi) is 30.1. The highest BCUT2D eigenvalue weighted by molar-refractivity contribution is 8.00. The molecule has 0 rings (SSSR count). The fraction of sp³-hybridized carbons (Fsp3) is 0.868. The Morgan fingerprint density at radius 3 is 0.818 bits per heavy atom. The number of carbonyl (C=O) groups is 5. The first-order chi connectivity index (χ1) is 25.9. The molecule has 0 spiro atoms. The van der Waals surface area contributed by atoms with Gasteiger partial charge in [0.1, 0.15) is 33.0 Å². The third-order valence-electron chi connectivity index (χ3n) is 8.92. The summed E-state index contributed by atoms with van der Waals surface area (Å²) in [5.74, 6) is -2.09. The number of ether oxygens (including phenoxy) is 6. The largest absolute Gasteiger partial charge is 0.465 e. The lowest BCUT2D eigenvalue weighted by molar-refractivity contribution is -0.171. The summed E-state index contributed by atoms with van der Waals surface area (Å²) in [6.07, 6.45) is 12.9. The van der Waals surface area contributed by atoms with Crippen LogP contribution in [0.4, 0.5) is 0 Å². The predicted molar refractivity (Wildman–Crippen MR) is 236 cm³/mol. The monoisotopic (exact) mass is 892 g/mol. The first kappa shape index (κ1) is 54.4. The summed E-state index contributed by atoms with van der Waals surface area (Å²) in [6, 6.07) is 0. The first-order valence-corrected chi connectivity index (χ1v) is 26.2. The molecule has 0 N–H and O–H groups in total. The smallest absolute Gasteiger partial charge is 0.306 e. The van der Waals surface area contributed by atoms with Crippen LogP contribution in [0, 0.1) is 10.8 Å². The Bertz CT molecular complexity index is 1030. The Balaban J connectivity index is 6.81. The highest BCUT2D eigenvalue weighted by Crippen LogP contribution is 2.33. The van der Waals surface area contributed by atoms with Gasteiger partial charge in [0, 0.05) is 31.5 Å². The molecule has 0 amide bonds. The Morgan fingerprint density at radius 2 is 0.582 bits per heavy atom. The van der Waals surface area contributed by atoms with Gasteiger partial charge in [-0.1, -0.05) is 41.5 Å². The summed E-state index contributed by atoms with van der Waals surface area (Å²) in [6.45, 7) is 10.6. The van der Waals surface area contributed by atoms with Crippen molar-refractivity contribution in [2.75, 3.05) is 83.8 Å². The Labute approximate surface area is 356 Å². The van der Waals surface area contributed by atoms with E-state index in [-0.39, 0.29) is 122 Å². The highest BCUT2D eigenvalue weighted by atomic mass is 32.2. The second-order valence-corrected chi connectivity index (χ2v) is 22.0. The Hall–Kier alpha value is -0.590. The average molecular weight is 893 g/mol. The lowest BCUT2D eigenvalue weighted by Gasteiger charge is -2.37. The summed E-state index contributed by atoms with van der Waals surface area (Å²) < 4.78 is 35.6. The van der Waals surface area contributed by atoms with Gasteiger partial charge in [-0.3, -0.25) is 24.0 Å². The molecule has 0 bridgehead atoms. The van der Waals surface area contributed by atoms with Crippen molar-refractivity contribution in [3.63, 3.8) is 0 Å². The molecule has 0 aliphatic heterocycles. The average Bonchev–Trinajstić information content (AvgIpc) is 3.15. The Morgan fingerprint density at radius 1 is 0.364 bits per heavy atom. The maximum absolute atomic E-state index is 13.0. The van der Waals surface area contributed by atoms with E-state index in [0.717, 1.165) is 0 Å². The van der Waals surface area contributed by atoms with Crippen LogP contribution in [-0.4, -0.2) is 145 Å². The number of esters is 5. The van der Waals surface area contributed by atoms with Crippen LogP contribution in [0.3, 0.4) is 0 Å². The summed E-state index contributed by atoms with van der Waals surface area (Å²) in [7, 11) is 0. The zero-order chi connectivity index (χ0) is 42.0. The third-order valence-corrected chi connectivity index (χ3v) is 14.7. The number of hydrogen-bond acceptors (Lipinski definition) is 17. The van der Waals surface area contributed by atoms with Crippen molar-refractivity contribution in [1.29, 1.82) is 0 Å². The topological polar surface area (TPSA) is 141 Å². The fourth-order valence-corrected chi connectivity index (χ4v) is 6.82. The maximum atomic E-state index is 13.0. The molecule has 6 atom stereocenters. The van der Waals surface area contributed by atoms with E-state index in [0.29, 0.717) is 6.42 Å². The fourth-order valence-electron chi connectivity index (χ4n) is 4.78. The molecule has 0 aliphatic carbocycles. The van der Waals surface area contributed by atoms with Gasteiger partial charge in [0.25, 0.3) is 0 Å². The molecule has 0 aromatic carbocycles. The van der Waals surface area contributed by atoms with Gasteiger partial charge in [0.2, 0.25) is 0 Å². The summed E-state index contributed by atoms with van der Waals surface area (Å²) in [5.41, 5.74) is -2.23. The zero-order valence-corrected chi connectivity index (χ0v) is 40.0. The van der Waals surface area contributed by atoms with Crippen molar-refractivity contribution in [2.24, 2.45) is 10.8 Å². The lowest BCUT2D eigenvalue weighted by atomic mass is 9.85. The zero-order valence-electron chi connectivity index (χ0n) is 35.1. The van der Waals surface area contributed by atoms with Gasteiger partial charge in [-0.2, -0.15) is 70.6 Å². The van der Waals surface area contributed by atoms with E-state index in [9.17, 15) is 24.0 Å². The molecule has 0 aromatic heterocycles. The molecular formula is C38H68O11S6. The van der Waals surface area contributed by atoms with E-state index in [2.05, 4.69) is 0 Å². The van der Waals surface area contributed by atoms with E-state index in [4.69, 9.17) is 28.4 Å². The molecule has 0 aromatic rings. The molecular weight excluding hydrogens is 825 g/mol. The van der Waals surface area contributed by atoms with Crippen LogP contribution in [0.2, 0.25) is 0 Å². The van der Waals surface area contributed by atoms with Crippen LogP contribution < -0.4 is 0 Å². The number of rotatable bonds is 32. The van der Waals surface area contributed by atoms with E-state index in [1.165, 1.54) is 35.3 Å². The van der Waals surface area contributed by atoms with Gasteiger partial charge >= 0.3 is 29.8 Å². The van der Waals surface area contributed by atoms with Crippen molar-refractivity contribution in [3.8, 4) is 0 Å². The standard InChI is InChI=1S/C38H68O11S6/c1-26(50-7)13-32(39)45-21-37(18-31(6)55-12,22-46-33(40)14-27(2)51-8)19-44-20-38(23-47-34(41)15-28(3)52-9,24-48-35(42)16-29(4)53-10)25-49-36(43)17-30(5)54-11/h26-31H,13-25H2,1-12H3.